The Morgan fingerprint density at radius 1 is 1.08 bits per heavy atom. The van der Waals surface area contributed by atoms with Crippen LogP contribution in [-0.4, -0.2) is 31.1 Å². The fourth-order valence-electron chi connectivity index (χ4n) is 3.86. The van der Waals surface area contributed by atoms with Gasteiger partial charge in [0.2, 0.25) is 0 Å². The van der Waals surface area contributed by atoms with Crippen molar-refractivity contribution in [1.82, 2.24) is 5.32 Å². The molecule has 0 bridgehead atoms. The van der Waals surface area contributed by atoms with Crippen molar-refractivity contribution in [2.75, 3.05) is 6.61 Å². The number of carbonyl (C=O) groups is 2. The molecule has 0 saturated heterocycles. The molecule has 200 valence electrons. The molecule has 1 amide bonds. The van der Waals surface area contributed by atoms with Gasteiger partial charge in [-0.1, -0.05) is 35.3 Å². The molecule has 2 unspecified atom stereocenters. The number of benzene rings is 3. The number of alkyl halides is 3. The molecule has 0 aromatic heterocycles. The Hall–Kier alpha value is -2.47. The molecule has 0 aliphatic carbocycles. The zero-order chi connectivity index (χ0) is 27.4. The molecule has 0 spiro atoms. The second-order valence-electron chi connectivity index (χ2n) is 8.31. The molecule has 4 rings (SSSR count). The number of hydrogen-bond donors (Lipinski definition) is 1. The first-order valence-electron chi connectivity index (χ1n) is 11.2. The van der Waals surface area contributed by atoms with Crippen LogP contribution in [0.3, 0.4) is 0 Å². The maximum atomic E-state index is 12.9. The fraction of sp³-hybridized carbons (Fsp3) is 0.231. The van der Waals surface area contributed by atoms with E-state index in [9.17, 15) is 27.9 Å². The van der Waals surface area contributed by atoms with Gasteiger partial charge in [0.05, 0.1) is 11.6 Å². The molecule has 13 heteroatoms. The number of carboxylic acids is 1. The van der Waals surface area contributed by atoms with Gasteiger partial charge in [-0.15, -0.1) is 13.2 Å². The smallest absolute Gasteiger partial charge is 0.549 e. The van der Waals surface area contributed by atoms with Gasteiger partial charge in [-0.05, 0) is 54.4 Å². The number of fused-ring (bicyclic) bond motifs is 1. The Morgan fingerprint density at radius 3 is 2.36 bits per heavy atom. The van der Waals surface area contributed by atoms with E-state index in [-0.39, 0.29) is 71.1 Å². The SMILES string of the molecule is O=C(NC(Cc1ccc(Cl)cc1)OC(F)(F)F)c1ccc(Oc2cc3c(cc2Cl)C(C(=O)[O-])CCO3)cc1.[Na+]. The van der Waals surface area contributed by atoms with Crippen molar-refractivity contribution in [1.29, 1.82) is 0 Å². The summed E-state index contributed by atoms with van der Waals surface area (Å²) < 4.78 is 54.1. The van der Waals surface area contributed by atoms with Crippen LogP contribution in [0.5, 0.6) is 17.2 Å². The molecule has 0 radical (unpaired) electrons. The second-order valence-corrected chi connectivity index (χ2v) is 9.16. The number of nitrogens with one attached hydrogen (secondary N) is 1. The van der Waals surface area contributed by atoms with Crippen molar-refractivity contribution in [3.05, 3.63) is 87.4 Å². The maximum absolute atomic E-state index is 12.9. The molecular formula is C26H19Cl2F3NNaO6. The number of aliphatic carboxylic acids is 1. The third kappa shape index (κ3) is 8.51. The van der Waals surface area contributed by atoms with Crippen LogP contribution in [0.1, 0.15) is 33.8 Å². The van der Waals surface area contributed by atoms with Gasteiger partial charge >= 0.3 is 35.9 Å². The van der Waals surface area contributed by atoms with E-state index in [1.165, 1.54) is 60.7 Å². The molecule has 39 heavy (non-hydrogen) atoms. The summed E-state index contributed by atoms with van der Waals surface area (Å²) in [6.45, 7) is 0.188. The Labute approximate surface area is 253 Å². The van der Waals surface area contributed by atoms with E-state index < -0.39 is 30.4 Å². The third-order valence-corrected chi connectivity index (χ3v) is 6.18. The third-order valence-electron chi connectivity index (χ3n) is 5.63. The number of amides is 1. The van der Waals surface area contributed by atoms with E-state index in [0.29, 0.717) is 21.9 Å². The monoisotopic (exact) mass is 591 g/mol. The number of carbonyl (C=O) groups excluding carboxylic acids is 2. The van der Waals surface area contributed by atoms with Crippen LogP contribution in [0.4, 0.5) is 13.2 Å². The van der Waals surface area contributed by atoms with Gasteiger partial charge in [-0.3, -0.25) is 9.53 Å². The van der Waals surface area contributed by atoms with Gasteiger partial charge in [-0.25, -0.2) is 0 Å². The van der Waals surface area contributed by atoms with Gasteiger partial charge in [0.1, 0.15) is 23.5 Å². The quantitative estimate of drug-likeness (QED) is 0.319. The van der Waals surface area contributed by atoms with Crippen molar-refractivity contribution in [3.63, 3.8) is 0 Å². The van der Waals surface area contributed by atoms with Crippen molar-refractivity contribution < 1.29 is 71.6 Å². The predicted octanol–water partition coefficient (Wildman–Crippen LogP) is 2.24. The van der Waals surface area contributed by atoms with Gasteiger partial charge in [0.15, 0.2) is 0 Å². The molecule has 1 N–H and O–H groups in total. The summed E-state index contributed by atoms with van der Waals surface area (Å²) in [6.07, 6.45) is -6.65. The van der Waals surface area contributed by atoms with Crippen LogP contribution in [0, 0.1) is 0 Å². The minimum Gasteiger partial charge on any atom is -0.549 e. The van der Waals surface area contributed by atoms with Crippen LogP contribution in [0.25, 0.3) is 0 Å². The first-order valence-corrected chi connectivity index (χ1v) is 12.0. The van der Waals surface area contributed by atoms with E-state index in [2.05, 4.69) is 10.1 Å². The fourth-order valence-corrected chi connectivity index (χ4v) is 4.20. The molecular weight excluding hydrogens is 573 g/mol. The van der Waals surface area contributed by atoms with E-state index in [1.807, 2.05) is 0 Å². The number of carboxylic acid groups (broad SMARTS) is 1. The molecule has 1 heterocycles. The standard InChI is InChI=1S/C26H20Cl2F3NO6.Na/c27-16-5-1-14(2-6-16)11-23(38-26(29,30)31)32-24(33)15-3-7-17(8-4-15)37-22-13-21-19(12-20(22)28)18(25(34)35)9-10-36-21;/h1-8,12-13,18,23H,9-11H2,(H,32,33)(H,34,35);/q;+1/p-1. The maximum Gasteiger partial charge on any atom is 1.00 e. The molecule has 7 nitrogen and oxygen atoms in total. The van der Waals surface area contributed by atoms with Gasteiger partial charge < -0.3 is 24.7 Å². The van der Waals surface area contributed by atoms with Gasteiger partial charge in [0, 0.05) is 40.5 Å². The largest absolute Gasteiger partial charge is 1.00 e. The summed E-state index contributed by atoms with van der Waals surface area (Å²) in [4.78, 5) is 24.0. The molecule has 1 aliphatic rings. The number of halogens is 5. The average Bonchev–Trinajstić information content (AvgIpc) is 2.85. The van der Waals surface area contributed by atoms with Crippen molar-refractivity contribution in [2.24, 2.45) is 0 Å². The number of hydrogen-bond acceptors (Lipinski definition) is 6. The summed E-state index contributed by atoms with van der Waals surface area (Å²) >= 11 is 12.1. The van der Waals surface area contributed by atoms with E-state index in [4.69, 9.17) is 32.7 Å². The molecule has 0 saturated carbocycles. The Bertz CT molecular complexity index is 1320. The van der Waals surface area contributed by atoms with E-state index in [0.717, 1.165) is 0 Å². The Kier molecular flexibility index (Phi) is 10.6. The minimum atomic E-state index is -4.97. The zero-order valence-corrected chi connectivity index (χ0v) is 23.9. The summed E-state index contributed by atoms with van der Waals surface area (Å²) in [5.41, 5.74) is 0.917. The Morgan fingerprint density at radius 2 is 1.74 bits per heavy atom. The average molecular weight is 592 g/mol. The van der Waals surface area contributed by atoms with Crippen LogP contribution < -0.4 is 49.5 Å². The first-order chi connectivity index (χ1) is 18.0. The molecule has 3 aromatic rings. The molecule has 3 aromatic carbocycles. The molecule has 1 aliphatic heterocycles. The Balaban J connectivity index is 0.00000420. The van der Waals surface area contributed by atoms with E-state index in [1.54, 1.807) is 0 Å². The normalized spacial score (nSPS) is 15.3. The van der Waals surface area contributed by atoms with Crippen LogP contribution in [0.2, 0.25) is 10.0 Å². The van der Waals surface area contributed by atoms with Crippen molar-refractivity contribution in [3.8, 4) is 17.2 Å². The van der Waals surface area contributed by atoms with Gasteiger partial charge in [-0.2, -0.15) is 0 Å². The zero-order valence-electron chi connectivity index (χ0n) is 20.4. The summed E-state index contributed by atoms with van der Waals surface area (Å²) in [7, 11) is 0. The molecule has 2 atom stereocenters. The minimum absolute atomic E-state index is 0. The number of rotatable bonds is 8. The summed E-state index contributed by atoms with van der Waals surface area (Å²) in [5, 5.41) is 14.2. The van der Waals surface area contributed by atoms with Crippen LogP contribution in [-0.2, 0) is 16.0 Å². The van der Waals surface area contributed by atoms with E-state index >= 15 is 0 Å². The number of ether oxygens (including phenoxy) is 3. The first kappa shape index (κ1) is 31.1. The molecule has 0 fully saturated rings. The second kappa shape index (κ2) is 13.3. The van der Waals surface area contributed by atoms with Crippen molar-refractivity contribution in [2.45, 2.75) is 31.3 Å². The topological polar surface area (TPSA) is 96.9 Å². The predicted molar refractivity (Wildman–Crippen MR) is 129 cm³/mol. The van der Waals surface area contributed by atoms with Crippen LogP contribution >= 0.6 is 23.2 Å². The summed E-state index contributed by atoms with van der Waals surface area (Å²) in [6, 6.07) is 14.6. The van der Waals surface area contributed by atoms with Crippen LogP contribution in [0.15, 0.2) is 60.7 Å². The van der Waals surface area contributed by atoms with Crippen molar-refractivity contribution >= 4 is 35.1 Å². The summed E-state index contributed by atoms with van der Waals surface area (Å²) in [5.74, 6) is -2.13. The van der Waals surface area contributed by atoms with Gasteiger partial charge in [0.25, 0.3) is 5.91 Å².